The van der Waals surface area contributed by atoms with E-state index in [1.165, 1.54) is 10.8 Å². The second-order valence-electron chi connectivity index (χ2n) is 5.28. The summed E-state index contributed by atoms with van der Waals surface area (Å²) in [5.74, 6) is -0.0984. The Labute approximate surface area is 132 Å². The topological polar surface area (TPSA) is 18.5 Å². The Morgan fingerprint density at radius 3 is 2.00 bits per heavy atom. The van der Waals surface area contributed by atoms with Crippen LogP contribution in [0.3, 0.4) is 0 Å². The van der Waals surface area contributed by atoms with Crippen LogP contribution in [0.1, 0.15) is 52.0 Å². The van der Waals surface area contributed by atoms with Crippen LogP contribution in [0, 0.1) is 0 Å². The Bertz CT molecular complexity index is 390. The van der Waals surface area contributed by atoms with Gasteiger partial charge in [0, 0.05) is 13.2 Å². The standard InChI is InChI=1S/C18H28O2Si/c1-5-7-13-19-18(20-14-8-6-2)21-17-11-9-16(10-12-17)15(3)4/h9-12,18H,3,5-8,13-14H2,1-2,4H3. The second-order valence-corrected chi connectivity index (χ2v) is 6.62. The van der Waals surface area contributed by atoms with Gasteiger partial charge >= 0.3 is 0 Å². The lowest BCUT2D eigenvalue weighted by molar-refractivity contribution is -0.0910. The maximum atomic E-state index is 5.88. The quantitative estimate of drug-likeness (QED) is 0.350. The van der Waals surface area contributed by atoms with Gasteiger partial charge < -0.3 is 9.47 Å². The molecule has 0 bridgehead atoms. The van der Waals surface area contributed by atoms with Crippen molar-refractivity contribution in [1.29, 1.82) is 0 Å². The van der Waals surface area contributed by atoms with Crippen LogP contribution in [0.4, 0.5) is 0 Å². The molecule has 0 saturated carbocycles. The minimum atomic E-state index is -0.0984. The minimum absolute atomic E-state index is 0.0984. The molecule has 1 aromatic rings. The average molecular weight is 305 g/mol. The number of benzene rings is 1. The van der Waals surface area contributed by atoms with Crippen molar-refractivity contribution in [3.05, 3.63) is 36.4 Å². The molecule has 21 heavy (non-hydrogen) atoms. The number of hydrogen-bond donors (Lipinski definition) is 0. The predicted octanol–water partition coefficient (Wildman–Crippen LogP) is 3.97. The average Bonchev–Trinajstić information content (AvgIpc) is 2.48. The smallest absolute Gasteiger partial charge is 0.157 e. The van der Waals surface area contributed by atoms with Crippen LogP contribution in [0.5, 0.6) is 0 Å². The van der Waals surface area contributed by atoms with Crippen molar-refractivity contribution in [3.63, 3.8) is 0 Å². The summed E-state index contributed by atoms with van der Waals surface area (Å²) in [6.07, 6.45) is 4.48. The fourth-order valence-corrected chi connectivity index (χ4v) is 2.82. The number of allylic oxidation sites excluding steroid dienone is 1. The van der Waals surface area contributed by atoms with Crippen molar-refractivity contribution in [2.24, 2.45) is 0 Å². The molecule has 0 unspecified atom stereocenters. The highest BCUT2D eigenvalue weighted by Gasteiger charge is 2.12. The van der Waals surface area contributed by atoms with E-state index in [4.69, 9.17) is 9.47 Å². The van der Waals surface area contributed by atoms with E-state index in [2.05, 4.69) is 44.7 Å². The van der Waals surface area contributed by atoms with Gasteiger partial charge in [-0.2, -0.15) is 0 Å². The molecule has 0 aliphatic rings. The summed E-state index contributed by atoms with van der Waals surface area (Å²) in [5, 5.41) is 1.28. The Morgan fingerprint density at radius 2 is 1.57 bits per heavy atom. The van der Waals surface area contributed by atoms with E-state index >= 15 is 0 Å². The van der Waals surface area contributed by atoms with Gasteiger partial charge in [0.1, 0.15) is 5.91 Å². The Balaban J connectivity index is 2.54. The van der Waals surface area contributed by atoms with E-state index < -0.39 is 0 Å². The third-order valence-electron chi connectivity index (χ3n) is 3.20. The molecule has 0 heterocycles. The summed E-state index contributed by atoms with van der Waals surface area (Å²) in [6.45, 7) is 11.9. The molecule has 1 aromatic carbocycles. The van der Waals surface area contributed by atoms with Crippen molar-refractivity contribution in [2.75, 3.05) is 13.2 Å². The predicted molar refractivity (Wildman–Crippen MR) is 92.0 cm³/mol. The van der Waals surface area contributed by atoms with Gasteiger partial charge in [-0.15, -0.1) is 0 Å². The molecule has 0 aromatic heterocycles. The highest BCUT2D eigenvalue weighted by molar-refractivity contribution is 6.54. The molecule has 2 radical (unpaired) electrons. The van der Waals surface area contributed by atoms with E-state index in [9.17, 15) is 0 Å². The van der Waals surface area contributed by atoms with E-state index in [-0.39, 0.29) is 5.91 Å². The molecule has 0 atom stereocenters. The van der Waals surface area contributed by atoms with Crippen LogP contribution in [0.25, 0.3) is 5.57 Å². The largest absolute Gasteiger partial charge is 0.357 e. The fourth-order valence-electron chi connectivity index (χ4n) is 1.79. The first-order valence-corrected chi connectivity index (χ1v) is 9.00. The van der Waals surface area contributed by atoms with Gasteiger partial charge in [0.2, 0.25) is 0 Å². The highest BCUT2D eigenvalue weighted by atomic mass is 28.2. The van der Waals surface area contributed by atoms with Crippen LogP contribution in [-0.4, -0.2) is 28.6 Å². The normalized spacial score (nSPS) is 11.0. The van der Waals surface area contributed by atoms with E-state index in [1.54, 1.807) is 0 Å². The molecular formula is C18H28O2Si. The second kappa shape index (κ2) is 10.8. The maximum absolute atomic E-state index is 5.88. The lowest BCUT2D eigenvalue weighted by Crippen LogP contribution is -2.33. The zero-order valence-electron chi connectivity index (χ0n) is 13.7. The SMILES string of the molecule is C=C(C)c1ccc([Si]C(OCCCC)OCCCC)cc1. The molecule has 0 amide bonds. The zero-order chi connectivity index (χ0) is 15.5. The van der Waals surface area contributed by atoms with Gasteiger partial charge in [0.15, 0.2) is 9.52 Å². The molecule has 3 heteroatoms. The fraction of sp³-hybridized carbons (Fsp3) is 0.556. The third-order valence-corrected chi connectivity index (χ3v) is 4.43. The molecule has 0 fully saturated rings. The van der Waals surface area contributed by atoms with Crippen LogP contribution >= 0.6 is 0 Å². The van der Waals surface area contributed by atoms with Crippen molar-refractivity contribution in [1.82, 2.24) is 0 Å². The molecule has 2 nitrogen and oxygen atoms in total. The molecule has 1 rings (SSSR count). The van der Waals surface area contributed by atoms with Gasteiger partial charge in [-0.25, -0.2) is 0 Å². The third kappa shape index (κ3) is 7.60. The number of rotatable bonds is 11. The molecular weight excluding hydrogens is 276 g/mol. The van der Waals surface area contributed by atoms with Gasteiger partial charge in [-0.05, 0) is 25.3 Å². The zero-order valence-corrected chi connectivity index (χ0v) is 14.7. The van der Waals surface area contributed by atoms with Crippen LogP contribution in [0.2, 0.25) is 0 Å². The Hall–Kier alpha value is -0.903. The number of hydrogen-bond acceptors (Lipinski definition) is 2. The molecule has 0 spiro atoms. The lowest BCUT2D eigenvalue weighted by Gasteiger charge is -2.18. The Kier molecular flexibility index (Phi) is 9.31. The van der Waals surface area contributed by atoms with Crippen molar-refractivity contribution in [3.8, 4) is 0 Å². The number of ether oxygens (including phenoxy) is 2. The molecule has 116 valence electrons. The molecule has 0 saturated heterocycles. The summed E-state index contributed by atoms with van der Waals surface area (Å²) in [7, 11) is 0.534. The first kappa shape index (κ1) is 18.1. The van der Waals surface area contributed by atoms with Crippen molar-refractivity contribution >= 4 is 20.3 Å². The molecule has 0 aliphatic carbocycles. The summed E-state index contributed by atoms with van der Waals surface area (Å²) in [6, 6.07) is 8.56. The lowest BCUT2D eigenvalue weighted by atomic mass is 10.1. The van der Waals surface area contributed by atoms with Gasteiger partial charge in [-0.1, -0.05) is 68.3 Å². The summed E-state index contributed by atoms with van der Waals surface area (Å²) >= 11 is 0. The van der Waals surface area contributed by atoms with Crippen LogP contribution in [0.15, 0.2) is 30.8 Å². The first-order valence-electron chi connectivity index (χ1n) is 7.93. The van der Waals surface area contributed by atoms with Crippen LogP contribution < -0.4 is 5.19 Å². The van der Waals surface area contributed by atoms with E-state index in [0.29, 0.717) is 9.52 Å². The van der Waals surface area contributed by atoms with Crippen molar-refractivity contribution in [2.45, 2.75) is 52.4 Å². The highest BCUT2D eigenvalue weighted by Crippen LogP contribution is 2.09. The van der Waals surface area contributed by atoms with Gasteiger partial charge in [0.05, 0.1) is 0 Å². The monoisotopic (exact) mass is 304 g/mol. The summed E-state index contributed by atoms with van der Waals surface area (Å²) < 4.78 is 11.8. The molecule has 0 N–H and O–H groups in total. The van der Waals surface area contributed by atoms with Crippen LogP contribution in [-0.2, 0) is 9.47 Å². The minimum Gasteiger partial charge on any atom is -0.357 e. The summed E-state index contributed by atoms with van der Waals surface area (Å²) in [4.78, 5) is 0. The van der Waals surface area contributed by atoms with Gasteiger partial charge in [0.25, 0.3) is 0 Å². The first-order chi connectivity index (χ1) is 10.2. The number of unbranched alkanes of at least 4 members (excludes halogenated alkanes) is 2. The summed E-state index contributed by atoms with van der Waals surface area (Å²) in [5.41, 5.74) is 2.29. The maximum Gasteiger partial charge on any atom is 0.157 e. The van der Waals surface area contributed by atoms with Crippen molar-refractivity contribution < 1.29 is 9.47 Å². The molecule has 0 aliphatic heterocycles. The van der Waals surface area contributed by atoms with E-state index in [0.717, 1.165) is 44.5 Å². The van der Waals surface area contributed by atoms with E-state index in [1.807, 2.05) is 6.92 Å². The van der Waals surface area contributed by atoms with Gasteiger partial charge in [-0.3, -0.25) is 0 Å². The Morgan fingerprint density at radius 1 is 1.05 bits per heavy atom.